The molecule has 0 saturated carbocycles. The molecule has 0 amide bonds. The molecule has 1 aromatic carbocycles. The molecule has 2 rings (SSSR count). The highest BCUT2D eigenvalue weighted by Gasteiger charge is 2.15. The van der Waals surface area contributed by atoms with Gasteiger partial charge in [-0.25, -0.2) is 0 Å². The van der Waals surface area contributed by atoms with Gasteiger partial charge in [0, 0.05) is 28.9 Å². The molecule has 1 saturated heterocycles. The Hall–Kier alpha value is -0.650. The third-order valence-corrected chi connectivity index (χ3v) is 3.77. The van der Waals surface area contributed by atoms with Gasteiger partial charge in [0.25, 0.3) is 0 Å². The molecule has 1 atom stereocenters. The van der Waals surface area contributed by atoms with E-state index in [0.29, 0.717) is 11.1 Å². The van der Waals surface area contributed by atoms with Gasteiger partial charge < -0.3 is 15.8 Å². The second kappa shape index (κ2) is 6.50. The van der Waals surface area contributed by atoms with Crippen molar-refractivity contribution >= 4 is 38.8 Å². The van der Waals surface area contributed by atoms with Gasteiger partial charge in [0.15, 0.2) is 0 Å². The minimum Gasteiger partial charge on any atom is -0.389 e. The van der Waals surface area contributed by atoms with Gasteiger partial charge in [-0.1, -0.05) is 28.1 Å². The number of ether oxygens (including phenoxy) is 1. The van der Waals surface area contributed by atoms with Crippen molar-refractivity contribution in [3.05, 3.63) is 28.2 Å². The van der Waals surface area contributed by atoms with Crippen molar-refractivity contribution in [2.24, 2.45) is 5.73 Å². The van der Waals surface area contributed by atoms with Crippen molar-refractivity contribution < 1.29 is 4.74 Å². The van der Waals surface area contributed by atoms with E-state index in [1.165, 1.54) is 12.8 Å². The summed E-state index contributed by atoms with van der Waals surface area (Å²) >= 11 is 8.48. The van der Waals surface area contributed by atoms with Crippen molar-refractivity contribution in [1.82, 2.24) is 0 Å². The van der Waals surface area contributed by atoms with Crippen LogP contribution in [0.3, 0.4) is 0 Å². The van der Waals surface area contributed by atoms with Gasteiger partial charge >= 0.3 is 0 Å². The first kappa shape index (κ1) is 13.8. The molecule has 98 valence electrons. The first-order valence-electron chi connectivity index (χ1n) is 6.11. The van der Waals surface area contributed by atoms with Crippen LogP contribution in [0.2, 0.25) is 0 Å². The second-order valence-electron chi connectivity index (χ2n) is 4.40. The molecule has 1 heterocycles. The molecule has 18 heavy (non-hydrogen) atoms. The van der Waals surface area contributed by atoms with Crippen LogP contribution < -0.4 is 11.1 Å². The SMILES string of the molecule is NC(=S)c1cc(Br)ccc1NCCC1CCCO1. The first-order chi connectivity index (χ1) is 8.66. The summed E-state index contributed by atoms with van der Waals surface area (Å²) in [6.45, 7) is 1.78. The average Bonchev–Trinajstić information content (AvgIpc) is 2.84. The molecule has 1 fully saturated rings. The maximum absolute atomic E-state index is 5.72. The number of nitrogens with two attached hydrogens (primary N) is 1. The summed E-state index contributed by atoms with van der Waals surface area (Å²) < 4.78 is 6.57. The van der Waals surface area contributed by atoms with Crippen LogP contribution in [-0.4, -0.2) is 24.2 Å². The molecule has 1 aliphatic rings. The predicted molar refractivity (Wildman–Crippen MR) is 82.1 cm³/mol. The molecule has 0 bridgehead atoms. The number of benzene rings is 1. The molecule has 1 aliphatic heterocycles. The van der Waals surface area contributed by atoms with Gasteiger partial charge in [-0.05, 0) is 37.5 Å². The quantitative estimate of drug-likeness (QED) is 0.815. The normalized spacial score (nSPS) is 18.8. The zero-order chi connectivity index (χ0) is 13.0. The molecule has 5 heteroatoms. The molecular formula is C13H17BrN2OS. The van der Waals surface area contributed by atoms with Crippen molar-refractivity contribution in [1.29, 1.82) is 0 Å². The minimum absolute atomic E-state index is 0.404. The van der Waals surface area contributed by atoms with Gasteiger partial charge in [-0.15, -0.1) is 0 Å². The third kappa shape index (κ3) is 3.67. The Bertz CT molecular complexity index is 433. The van der Waals surface area contributed by atoms with Gasteiger partial charge in [-0.3, -0.25) is 0 Å². The van der Waals surface area contributed by atoms with Crippen LogP contribution in [0, 0.1) is 0 Å². The monoisotopic (exact) mass is 328 g/mol. The average molecular weight is 329 g/mol. The highest BCUT2D eigenvalue weighted by atomic mass is 79.9. The van der Waals surface area contributed by atoms with E-state index in [0.717, 1.165) is 35.3 Å². The van der Waals surface area contributed by atoms with E-state index in [9.17, 15) is 0 Å². The highest BCUT2D eigenvalue weighted by Crippen LogP contribution is 2.22. The minimum atomic E-state index is 0.404. The van der Waals surface area contributed by atoms with Crippen molar-refractivity contribution in [3.8, 4) is 0 Å². The van der Waals surface area contributed by atoms with E-state index in [4.69, 9.17) is 22.7 Å². The molecular weight excluding hydrogens is 312 g/mol. The van der Waals surface area contributed by atoms with Crippen LogP contribution in [0.1, 0.15) is 24.8 Å². The number of thiocarbonyl (C=S) groups is 1. The summed E-state index contributed by atoms with van der Waals surface area (Å²) in [7, 11) is 0. The van der Waals surface area contributed by atoms with E-state index in [2.05, 4.69) is 21.2 Å². The predicted octanol–water partition coefficient (Wildman–Crippen LogP) is 3.06. The maximum atomic E-state index is 5.72. The molecule has 0 radical (unpaired) electrons. The molecule has 3 nitrogen and oxygen atoms in total. The summed E-state index contributed by atoms with van der Waals surface area (Å²) in [4.78, 5) is 0.413. The van der Waals surface area contributed by atoms with Gasteiger partial charge in [0.05, 0.1) is 6.10 Å². The zero-order valence-electron chi connectivity index (χ0n) is 10.1. The van der Waals surface area contributed by atoms with Gasteiger partial charge in [0.1, 0.15) is 4.99 Å². The number of nitrogens with one attached hydrogen (secondary N) is 1. The smallest absolute Gasteiger partial charge is 0.106 e. The van der Waals surface area contributed by atoms with Crippen LogP contribution in [0.4, 0.5) is 5.69 Å². The lowest BCUT2D eigenvalue weighted by molar-refractivity contribution is 0.107. The Labute approximate surface area is 121 Å². The summed E-state index contributed by atoms with van der Waals surface area (Å²) in [5.41, 5.74) is 7.59. The molecule has 1 unspecified atom stereocenters. The van der Waals surface area contributed by atoms with E-state index in [1.54, 1.807) is 0 Å². The van der Waals surface area contributed by atoms with Crippen molar-refractivity contribution in [3.63, 3.8) is 0 Å². The van der Waals surface area contributed by atoms with Crippen LogP contribution in [0.25, 0.3) is 0 Å². The molecule has 1 aromatic rings. The molecule has 0 aliphatic carbocycles. The maximum Gasteiger partial charge on any atom is 0.106 e. The van der Waals surface area contributed by atoms with Crippen LogP contribution >= 0.6 is 28.1 Å². The van der Waals surface area contributed by atoms with Crippen molar-refractivity contribution in [2.45, 2.75) is 25.4 Å². The van der Waals surface area contributed by atoms with Crippen LogP contribution in [-0.2, 0) is 4.74 Å². The van der Waals surface area contributed by atoms with E-state index in [1.807, 2.05) is 18.2 Å². The zero-order valence-corrected chi connectivity index (χ0v) is 12.5. The number of hydrogen-bond donors (Lipinski definition) is 2. The van der Waals surface area contributed by atoms with E-state index < -0.39 is 0 Å². The fraction of sp³-hybridized carbons (Fsp3) is 0.462. The van der Waals surface area contributed by atoms with Crippen molar-refractivity contribution in [2.75, 3.05) is 18.5 Å². The number of anilines is 1. The molecule has 0 aromatic heterocycles. The largest absolute Gasteiger partial charge is 0.389 e. The lowest BCUT2D eigenvalue weighted by Crippen LogP contribution is -2.16. The fourth-order valence-electron chi connectivity index (χ4n) is 2.11. The summed E-state index contributed by atoms with van der Waals surface area (Å²) in [5.74, 6) is 0. The Balaban J connectivity index is 1.93. The summed E-state index contributed by atoms with van der Waals surface area (Å²) in [5, 5.41) is 3.38. The van der Waals surface area contributed by atoms with E-state index >= 15 is 0 Å². The van der Waals surface area contributed by atoms with Gasteiger partial charge in [-0.2, -0.15) is 0 Å². The van der Waals surface area contributed by atoms with Gasteiger partial charge in [0.2, 0.25) is 0 Å². The first-order valence-corrected chi connectivity index (χ1v) is 7.32. The standard InChI is InChI=1S/C13H17BrN2OS/c14-9-3-4-12(11(8-9)13(15)18)16-6-5-10-2-1-7-17-10/h3-4,8,10,16H,1-2,5-7H2,(H2,15,18). The van der Waals surface area contributed by atoms with E-state index in [-0.39, 0.29) is 0 Å². The highest BCUT2D eigenvalue weighted by molar-refractivity contribution is 9.10. The molecule has 3 N–H and O–H groups in total. The summed E-state index contributed by atoms with van der Waals surface area (Å²) in [6, 6.07) is 5.92. The Morgan fingerprint density at radius 3 is 3.06 bits per heavy atom. The Kier molecular flexibility index (Phi) is 4.97. The Morgan fingerprint density at radius 1 is 1.56 bits per heavy atom. The molecule has 0 spiro atoms. The topological polar surface area (TPSA) is 47.3 Å². The second-order valence-corrected chi connectivity index (χ2v) is 5.76. The van der Waals surface area contributed by atoms with Crippen LogP contribution in [0.5, 0.6) is 0 Å². The lowest BCUT2D eigenvalue weighted by atomic mass is 10.1. The summed E-state index contributed by atoms with van der Waals surface area (Å²) in [6.07, 6.45) is 3.78. The fourth-order valence-corrected chi connectivity index (χ4v) is 2.64. The number of rotatable bonds is 5. The van der Waals surface area contributed by atoms with Crippen LogP contribution in [0.15, 0.2) is 22.7 Å². The lowest BCUT2D eigenvalue weighted by Gasteiger charge is -2.14. The Morgan fingerprint density at radius 2 is 2.39 bits per heavy atom. The number of halogens is 1. The number of hydrogen-bond acceptors (Lipinski definition) is 3. The third-order valence-electron chi connectivity index (χ3n) is 3.05.